The van der Waals surface area contributed by atoms with Crippen LogP contribution >= 0.6 is 0 Å². The van der Waals surface area contributed by atoms with E-state index in [2.05, 4.69) is 5.10 Å². The molecule has 0 spiro atoms. The second kappa shape index (κ2) is 6.40. The van der Waals surface area contributed by atoms with Crippen molar-refractivity contribution < 1.29 is 17.6 Å². The third-order valence-corrected chi connectivity index (χ3v) is 6.32. The second-order valence-electron chi connectivity index (χ2n) is 5.78. The minimum atomic E-state index is -3.60. The highest BCUT2D eigenvalue weighted by atomic mass is 32.2. The molecule has 1 aliphatic heterocycles. The molecule has 1 saturated heterocycles. The van der Waals surface area contributed by atoms with Gasteiger partial charge in [0, 0.05) is 33.2 Å². The van der Waals surface area contributed by atoms with Gasteiger partial charge in [-0.3, -0.25) is 9.48 Å². The van der Waals surface area contributed by atoms with Crippen molar-refractivity contribution in [2.45, 2.75) is 18.2 Å². The highest BCUT2D eigenvalue weighted by Gasteiger charge is 2.31. The quantitative estimate of drug-likeness (QED) is 0.817. The van der Waals surface area contributed by atoms with Crippen molar-refractivity contribution in [2.75, 3.05) is 26.2 Å². The standard InChI is InChI=1S/C15H20N4O4S/c1-12-14(10-16-17(12)2)24(21,22)19-6-3-5-18(7-8-19)15(20)13-4-9-23-11-13/h4,9-11H,3,5-8H2,1-2H3. The van der Waals surface area contributed by atoms with Gasteiger partial charge in [-0.2, -0.15) is 9.40 Å². The molecule has 0 aliphatic carbocycles. The predicted molar refractivity (Wildman–Crippen MR) is 85.9 cm³/mol. The Kier molecular flexibility index (Phi) is 4.46. The molecule has 0 atom stereocenters. The smallest absolute Gasteiger partial charge is 0.257 e. The number of rotatable bonds is 3. The molecule has 0 unspecified atom stereocenters. The van der Waals surface area contributed by atoms with Crippen LogP contribution in [0.5, 0.6) is 0 Å². The summed E-state index contributed by atoms with van der Waals surface area (Å²) >= 11 is 0. The highest BCUT2D eigenvalue weighted by Crippen LogP contribution is 2.21. The molecule has 0 N–H and O–H groups in total. The van der Waals surface area contributed by atoms with E-state index in [9.17, 15) is 13.2 Å². The fraction of sp³-hybridized carbons (Fsp3) is 0.467. The summed E-state index contributed by atoms with van der Waals surface area (Å²) < 4.78 is 33.6. The van der Waals surface area contributed by atoms with Crippen LogP contribution in [0.3, 0.4) is 0 Å². The van der Waals surface area contributed by atoms with E-state index in [1.54, 1.807) is 29.6 Å². The number of furan rings is 1. The Morgan fingerprint density at radius 1 is 1.25 bits per heavy atom. The van der Waals surface area contributed by atoms with Gasteiger partial charge in [-0.15, -0.1) is 0 Å². The van der Waals surface area contributed by atoms with Crippen molar-refractivity contribution in [3.63, 3.8) is 0 Å². The lowest BCUT2D eigenvalue weighted by Crippen LogP contribution is -2.37. The molecular weight excluding hydrogens is 332 g/mol. The van der Waals surface area contributed by atoms with Crippen LogP contribution in [0.15, 0.2) is 34.1 Å². The summed E-state index contributed by atoms with van der Waals surface area (Å²) in [5.41, 5.74) is 1.08. The molecule has 0 aromatic carbocycles. The lowest BCUT2D eigenvalue weighted by molar-refractivity contribution is 0.0763. The monoisotopic (exact) mass is 352 g/mol. The van der Waals surface area contributed by atoms with E-state index in [1.165, 1.54) is 23.0 Å². The van der Waals surface area contributed by atoms with Gasteiger partial charge in [0.1, 0.15) is 11.2 Å². The zero-order valence-corrected chi connectivity index (χ0v) is 14.5. The summed E-state index contributed by atoms with van der Waals surface area (Å²) in [7, 11) is -1.89. The van der Waals surface area contributed by atoms with Crippen LogP contribution < -0.4 is 0 Å². The van der Waals surface area contributed by atoms with Crippen molar-refractivity contribution in [1.82, 2.24) is 19.0 Å². The number of aromatic nitrogens is 2. The molecule has 0 saturated carbocycles. The van der Waals surface area contributed by atoms with Gasteiger partial charge in [0.15, 0.2) is 0 Å². The first kappa shape index (κ1) is 16.7. The molecule has 24 heavy (non-hydrogen) atoms. The zero-order valence-electron chi connectivity index (χ0n) is 13.7. The van der Waals surface area contributed by atoms with Crippen LogP contribution in [-0.2, 0) is 17.1 Å². The number of sulfonamides is 1. The first-order chi connectivity index (χ1) is 11.4. The normalized spacial score (nSPS) is 17.0. The number of hydrogen-bond donors (Lipinski definition) is 0. The van der Waals surface area contributed by atoms with Crippen molar-refractivity contribution in [3.05, 3.63) is 36.0 Å². The molecule has 2 aromatic rings. The molecule has 3 heterocycles. The summed E-state index contributed by atoms with van der Waals surface area (Å²) in [4.78, 5) is 14.3. The average molecular weight is 352 g/mol. The molecule has 1 aliphatic rings. The fourth-order valence-corrected chi connectivity index (χ4v) is 4.43. The van der Waals surface area contributed by atoms with E-state index in [1.807, 2.05) is 0 Å². The van der Waals surface area contributed by atoms with Crippen LogP contribution in [-0.4, -0.2) is 59.5 Å². The summed E-state index contributed by atoms with van der Waals surface area (Å²) in [5.74, 6) is -0.138. The van der Waals surface area contributed by atoms with Gasteiger partial charge < -0.3 is 9.32 Å². The molecule has 3 rings (SSSR count). The van der Waals surface area contributed by atoms with Crippen molar-refractivity contribution in [2.24, 2.45) is 7.05 Å². The maximum atomic E-state index is 12.8. The molecular formula is C15H20N4O4S. The lowest BCUT2D eigenvalue weighted by Gasteiger charge is -2.21. The summed E-state index contributed by atoms with van der Waals surface area (Å²) in [6, 6.07) is 1.61. The van der Waals surface area contributed by atoms with Gasteiger partial charge >= 0.3 is 0 Å². The number of hydrogen-bond acceptors (Lipinski definition) is 5. The topological polar surface area (TPSA) is 88.7 Å². The van der Waals surface area contributed by atoms with Gasteiger partial charge in [0.2, 0.25) is 10.0 Å². The number of amides is 1. The molecule has 0 bridgehead atoms. The highest BCUT2D eigenvalue weighted by molar-refractivity contribution is 7.89. The zero-order chi connectivity index (χ0) is 17.3. The Hall–Kier alpha value is -2.13. The first-order valence-corrected chi connectivity index (χ1v) is 9.15. The van der Waals surface area contributed by atoms with Crippen molar-refractivity contribution >= 4 is 15.9 Å². The molecule has 8 nitrogen and oxygen atoms in total. The van der Waals surface area contributed by atoms with Crippen molar-refractivity contribution in [1.29, 1.82) is 0 Å². The predicted octanol–water partition coefficient (Wildman–Crippen LogP) is 0.858. The first-order valence-electron chi connectivity index (χ1n) is 7.71. The van der Waals surface area contributed by atoms with Gasteiger partial charge in [0.25, 0.3) is 5.91 Å². The lowest BCUT2D eigenvalue weighted by atomic mass is 10.3. The molecule has 130 valence electrons. The van der Waals surface area contributed by atoms with Gasteiger partial charge in [-0.25, -0.2) is 8.42 Å². The Labute approximate surface area is 140 Å². The van der Waals surface area contributed by atoms with E-state index in [-0.39, 0.29) is 17.3 Å². The Morgan fingerprint density at radius 3 is 2.67 bits per heavy atom. The van der Waals surface area contributed by atoms with E-state index in [0.717, 1.165) is 0 Å². The van der Waals surface area contributed by atoms with Crippen LogP contribution in [0.2, 0.25) is 0 Å². The summed E-state index contributed by atoms with van der Waals surface area (Å²) in [6.45, 7) is 3.24. The number of nitrogens with zero attached hydrogens (tertiary/aromatic N) is 4. The average Bonchev–Trinajstić information content (AvgIpc) is 3.11. The van der Waals surface area contributed by atoms with Gasteiger partial charge in [0.05, 0.1) is 23.7 Å². The molecule has 1 amide bonds. The van der Waals surface area contributed by atoms with Crippen LogP contribution in [0.1, 0.15) is 22.5 Å². The number of carbonyl (C=O) groups is 1. The number of carbonyl (C=O) groups excluding carboxylic acids is 1. The summed E-state index contributed by atoms with van der Waals surface area (Å²) in [5, 5.41) is 4.01. The Balaban J connectivity index is 1.76. The van der Waals surface area contributed by atoms with E-state index in [4.69, 9.17) is 4.42 Å². The van der Waals surface area contributed by atoms with Crippen LogP contribution in [0, 0.1) is 6.92 Å². The third kappa shape index (κ3) is 2.96. The van der Waals surface area contributed by atoms with Gasteiger partial charge in [-0.05, 0) is 19.4 Å². The van der Waals surface area contributed by atoms with Crippen LogP contribution in [0.4, 0.5) is 0 Å². The molecule has 1 fully saturated rings. The van der Waals surface area contributed by atoms with Crippen molar-refractivity contribution in [3.8, 4) is 0 Å². The van der Waals surface area contributed by atoms with Gasteiger partial charge in [-0.1, -0.05) is 0 Å². The Morgan fingerprint density at radius 2 is 2.04 bits per heavy atom. The fourth-order valence-electron chi connectivity index (χ4n) is 2.78. The maximum absolute atomic E-state index is 12.8. The number of aryl methyl sites for hydroxylation is 1. The Bertz CT molecular complexity index is 826. The molecule has 9 heteroatoms. The van der Waals surface area contributed by atoms with E-state index < -0.39 is 10.0 Å². The minimum Gasteiger partial charge on any atom is -0.472 e. The van der Waals surface area contributed by atoms with E-state index in [0.29, 0.717) is 37.3 Å². The molecule has 0 radical (unpaired) electrons. The van der Waals surface area contributed by atoms with Crippen LogP contribution in [0.25, 0.3) is 0 Å². The largest absolute Gasteiger partial charge is 0.472 e. The minimum absolute atomic E-state index is 0.138. The molecule has 2 aromatic heterocycles. The SMILES string of the molecule is Cc1c(S(=O)(=O)N2CCCN(C(=O)c3ccoc3)CC2)cnn1C. The third-order valence-electron chi connectivity index (χ3n) is 4.32. The summed E-state index contributed by atoms with van der Waals surface area (Å²) in [6.07, 6.45) is 4.82. The van der Waals surface area contributed by atoms with E-state index >= 15 is 0 Å². The maximum Gasteiger partial charge on any atom is 0.257 e. The second-order valence-corrected chi connectivity index (χ2v) is 7.69.